The van der Waals surface area contributed by atoms with Gasteiger partial charge in [-0.1, -0.05) is 16.8 Å². The lowest BCUT2D eigenvalue weighted by atomic mass is 9.96. The van der Waals surface area contributed by atoms with Gasteiger partial charge in [-0.05, 0) is 31.3 Å². The van der Waals surface area contributed by atoms with Crippen molar-refractivity contribution in [2.24, 2.45) is 19.3 Å². The van der Waals surface area contributed by atoms with E-state index in [0.717, 1.165) is 21.3 Å². The number of benzene rings is 1. The van der Waals surface area contributed by atoms with E-state index in [-0.39, 0.29) is 33.2 Å². The first-order valence-corrected chi connectivity index (χ1v) is 8.64. The van der Waals surface area contributed by atoms with E-state index >= 15 is 0 Å². The molecule has 1 aliphatic rings. The molecule has 1 atom stereocenters. The Balaban J connectivity index is 2.24. The summed E-state index contributed by atoms with van der Waals surface area (Å²) in [5, 5.41) is 12.9. The van der Waals surface area contributed by atoms with Gasteiger partial charge in [-0.2, -0.15) is 0 Å². The minimum absolute atomic E-state index is 0.0355. The number of aromatic nitrogens is 3. The van der Waals surface area contributed by atoms with Crippen molar-refractivity contribution in [2.75, 3.05) is 0 Å². The van der Waals surface area contributed by atoms with Crippen molar-refractivity contribution in [2.45, 2.75) is 18.9 Å². The Morgan fingerprint density at radius 2 is 1.89 bits per heavy atom. The number of carbonyl (C=O) groups is 1. The third kappa shape index (κ3) is 2.96. The monoisotopic (exact) mass is 428 g/mol. The van der Waals surface area contributed by atoms with Crippen molar-refractivity contribution < 1.29 is 19.1 Å². The first-order valence-electron chi connectivity index (χ1n) is 7.85. The number of oxime groups is 1. The van der Waals surface area contributed by atoms with Crippen LogP contribution in [0.3, 0.4) is 0 Å². The predicted molar refractivity (Wildman–Crippen MR) is 100 cm³/mol. The average molecular weight is 429 g/mol. The van der Waals surface area contributed by atoms with Gasteiger partial charge in [-0.25, -0.2) is 23.3 Å². The maximum Gasteiger partial charge on any atom is 0.351 e. The van der Waals surface area contributed by atoms with Gasteiger partial charge in [0, 0.05) is 26.1 Å². The highest BCUT2D eigenvalue weighted by atomic mass is 35.5. The number of carboxylic acids is 1. The number of hydrogen-bond acceptors (Lipinski definition) is 6. The maximum atomic E-state index is 14.6. The molecule has 12 heteroatoms. The molecule has 2 aromatic rings. The summed E-state index contributed by atoms with van der Waals surface area (Å²) < 4.78 is 17.2. The van der Waals surface area contributed by atoms with Crippen LogP contribution in [0.1, 0.15) is 18.9 Å². The SMILES string of the molecule is Cn1c(=S)n(C)c(=O)n(-c2cc(C3=NOC(C)(C(=O)O)C3)c(Cl)cc2F)c1=O. The van der Waals surface area contributed by atoms with Crippen LogP contribution in [-0.4, -0.2) is 36.1 Å². The molecule has 0 fully saturated rings. The molecule has 2 heterocycles. The minimum atomic E-state index is -1.60. The number of hydrogen-bond donors (Lipinski definition) is 1. The zero-order chi connectivity index (χ0) is 21.0. The second-order valence-corrected chi connectivity index (χ2v) is 7.20. The third-order valence-corrected chi connectivity index (χ3v) is 5.29. The fourth-order valence-electron chi connectivity index (χ4n) is 2.71. The topological polar surface area (TPSA) is 108 Å². The van der Waals surface area contributed by atoms with Crippen molar-refractivity contribution in [3.63, 3.8) is 0 Å². The van der Waals surface area contributed by atoms with Crippen LogP contribution in [0.15, 0.2) is 26.9 Å². The third-order valence-electron chi connectivity index (χ3n) is 4.43. The summed E-state index contributed by atoms with van der Waals surface area (Å²) in [5.41, 5.74) is -3.38. The highest BCUT2D eigenvalue weighted by molar-refractivity contribution is 7.71. The van der Waals surface area contributed by atoms with Gasteiger partial charge in [-0.3, -0.25) is 9.13 Å². The van der Waals surface area contributed by atoms with Crippen LogP contribution in [-0.2, 0) is 23.7 Å². The Labute approximate surface area is 166 Å². The molecule has 1 unspecified atom stereocenters. The van der Waals surface area contributed by atoms with Crippen LogP contribution in [0.2, 0.25) is 5.02 Å². The summed E-state index contributed by atoms with van der Waals surface area (Å²) in [6.45, 7) is 1.33. The van der Waals surface area contributed by atoms with E-state index in [1.54, 1.807) is 0 Å². The number of aliphatic carboxylic acids is 1. The molecular formula is C16H14ClFN4O5S. The Morgan fingerprint density at radius 1 is 1.32 bits per heavy atom. The quantitative estimate of drug-likeness (QED) is 0.740. The number of nitrogens with zero attached hydrogens (tertiary/aromatic N) is 4. The summed E-state index contributed by atoms with van der Waals surface area (Å²) in [4.78, 5) is 41.4. The second-order valence-electron chi connectivity index (χ2n) is 6.43. The molecular weight excluding hydrogens is 415 g/mol. The molecule has 0 spiro atoms. The predicted octanol–water partition coefficient (Wildman–Crippen LogP) is 1.36. The molecule has 0 amide bonds. The molecule has 1 aliphatic heterocycles. The molecule has 0 saturated heterocycles. The van der Waals surface area contributed by atoms with E-state index in [0.29, 0.717) is 4.57 Å². The van der Waals surface area contributed by atoms with Gasteiger partial charge in [0.2, 0.25) is 5.60 Å². The number of carboxylic acid groups (broad SMARTS) is 1. The molecule has 0 saturated carbocycles. The van der Waals surface area contributed by atoms with E-state index in [9.17, 15) is 23.9 Å². The molecule has 148 valence electrons. The fourth-order valence-corrected chi connectivity index (χ4v) is 3.12. The van der Waals surface area contributed by atoms with Crippen molar-refractivity contribution in [3.8, 4) is 5.69 Å². The number of halogens is 2. The van der Waals surface area contributed by atoms with Gasteiger partial charge in [-0.15, -0.1) is 0 Å². The highest BCUT2D eigenvalue weighted by Gasteiger charge is 2.43. The summed E-state index contributed by atoms with van der Waals surface area (Å²) in [5.74, 6) is -2.16. The van der Waals surface area contributed by atoms with Gasteiger partial charge >= 0.3 is 17.3 Å². The molecule has 0 radical (unpaired) electrons. The van der Waals surface area contributed by atoms with Gasteiger partial charge in [0.15, 0.2) is 4.77 Å². The largest absolute Gasteiger partial charge is 0.478 e. The molecule has 28 heavy (non-hydrogen) atoms. The molecule has 0 aliphatic carbocycles. The molecule has 1 aromatic heterocycles. The first-order chi connectivity index (χ1) is 13.0. The van der Waals surface area contributed by atoms with Crippen molar-refractivity contribution in [1.82, 2.24) is 13.7 Å². The van der Waals surface area contributed by atoms with Gasteiger partial charge in [0.05, 0.1) is 16.4 Å². The summed E-state index contributed by atoms with van der Waals surface area (Å²) in [6.07, 6.45) is -0.140. The average Bonchev–Trinajstić information content (AvgIpc) is 3.03. The lowest BCUT2D eigenvalue weighted by molar-refractivity contribution is -0.160. The van der Waals surface area contributed by atoms with Crippen molar-refractivity contribution in [3.05, 3.63) is 54.3 Å². The van der Waals surface area contributed by atoms with Crippen LogP contribution >= 0.6 is 23.8 Å². The fraction of sp³-hybridized carbons (Fsp3) is 0.312. The molecule has 1 N–H and O–H groups in total. The van der Waals surface area contributed by atoms with Crippen molar-refractivity contribution in [1.29, 1.82) is 0 Å². The van der Waals surface area contributed by atoms with Gasteiger partial charge in [0.25, 0.3) is 0 Å². The normalized spacial score (nSPS) is 18.7. The summed E-state index contributed by atoms with van der Waals surface area (Å²) >= 11 is 11.1. The van der Waals surface area contributed by atoms with Gasteiger partial charge in [0.1, 0.15) is 5.82 Å². The molecule has 3 rings (SSSR count). The Kier molecular flexibility index (Phi) is 4.76. The smallest absolute Gasteiger partial charge is 0.351 e. The van der Waals surface area contributed by atoms with E-state index in [2.05, 4.69) is 5.16 Å². The molecule has 0 bridgehead atoms. The Bertz CT molecular complexity index is 1190. The summed E-state index contributed by atoms with van der Waals surface area (Å²) in [7, 11) is 2.70. The van der Waals surface area contributed by atoms with Crippen LogP contribution in [0.5, 0.6) is 0 Å². The standard InChI is InChI=1S/C16H14ClFN4O5S/c1-16(12(23)24)6-10(19-27-16)7-4-11(9(18)5-8(7)17)22-13(25)20(2)15(28)21(3)14(22)26/h4-5H,6H2,1-3H3,(H,23,24). The van der Waals surface area contributed by atoms with E-state index in [4.69, 9.17) is 28.7 Å². The molecule has 1 aromatic carbocycles. The van der Waals surface area contributed by atoms with Crippen LogP contribution in [0.25, 0.3) is 5.69 Å². The zero-order valence-corrected chi connectivity index (χ0v) is 16.5. The lowest BCUT2D eigenvalue weighted by Crippen LogP contribution is -2.43. The van der Waals surface area contributed by atoms with Crippen LogP contribution in [0.4, 0.5) is 4.39 Å². The van der Waals surface area contributed by atoms with Crippen molar-refractivity contribution >= 4 is 35.5 Å². The number of rotatable bonds is 3. The van der Waals surface area contributed by atoms with E-state index < -0.39 is 28.8 Å². The maximum absolute atomic E-state index is 14.6. The van der Waals surface area contributed by atoms with E-state index in [1.807, 2.05) is 0 Å². The zero-order valence-electron chi connectivity index (χ0n) is 14.9. The summed E-state index contributed by atoms with van der Waals surface area (Å²) in [6, 6.07) is 2.07. The molecule has 9 nitrogen and oxygen atoms in total. The van der Waals surface area contributed by atoms with Crippen LogP contribution < -0.4 is 11.4 Å². The Hall–Kier alpha value is -2.79. The lowest BCUT2D eigenvalue weighted by Gasteiger charge is -2.15. The van der Waals surface area contributed by atoms with Crippen LogP contribution in [0, 0.1) is 10.6 Å². The van der Waals surface area contributed by atoms with Gasteiger partial charge < -0.3 is 9.94 Å². The minimum Gasteiger partial charge on any atom is -0.478 e. The first kappa shape index (κ1) is 20.0. The second kappa shape index (κ2) is 6.67. The van der Waals surface area contributed by atoms with E-state index in [1.165, 1.54) is 21.0 Å². The Morgan fingerprint density at radius 3 is 2.39 bits per heavy atom. The highest BCUT2D eigenvalue weighted by Crippen LogP contribution is 2.31.